The van der Waals surface area contributed by atoms with E-state index in [0.717, 1.165) is 10.9 Å². The fourth-order valence-electron chi connectivity index (χ4n) is 1.64. The van der Waals surface area contributed by atoms with Gasteiger partial charge in [-0.15, -0.1) is 0 Å². The first kappa shape index (κ1) is 10.1. The van der Waals surface area contributed by atoms with Crippen LogP contribution in [0.4, 0.5) is 0 Å². The summed E-state index contributed by atoms with van der Waals surface area (Å²) in [6.45, 7) is 1.96. The highest BCUT2D eigenvalue weighted by Crippen LogP contribution is 2.23. The van der Waals surface area contributed by atoms with Gasteiger partial charge in [-0.1, -0.05) is 36.4 Å². The molecule has 2 aromatic carbocycles. The van der Waals surface area contributed by atoms with Gasteiger partial charge >= 0.3 is 0 Å². The van der Waals surface area contributed by atoms with Crippen LogP contribution in [-0.2, 0) is 5.60 Å². The molecule has 0 heterocycles. The minimum Gasteiger partial charge on any atom is -0.384 e. The van der Waals surface area contributed by atoms with Crippen LogP contribution in [0.1, 0.15) is 12.5 Å². The summed E-state index contributed by atoms with van der Waals surface area (Å²) in [5, 5.41) is 12.3. The lowest BCUT2D eigenvalue weighted by Crippen LogP contribution is -2.31. The molecule has 0 bridgehead atoms. The highest BCUT2D eigenvalue weighted by atomic mass is 16.3. The molecule has 0 saturated carbocycles. The number of aliphatic hydroxyl groups is 1. The Kier molecular flexibility index (Phi) is 2.47. The molecule has 2 aromatic rings. The van der Waals surface area contributed by atoms with Crippen LogP contribution >= 0.6 is 0 Å². The molecule has 0 aliphatic heterocycles. The van der Waals surface area contributed by atoms with Crippen LogP contribution < -0.4 is 5.73 Å². The molecule has 0 aliphatic carbocycles. The van der Waals surface area contributed by atoms with Crippen molar-refractivity contribution in [3.63, 3.8) is 0 Å². The van der Waals surface area contributed by atoms with Crippen LogP contribution in [-0.4, -0.2) is 11.7 Å². The third-order valence-electron chi connectivity index (χ3n) is 2.77. The maximum atomic E-state index is 10.0. The van der Waals surface area contributed by atoms with Crippen molar-refractivity contribution in [3.8, 4) is 0 Å². The monoisotopic (exact) mass is 201 g/mol. The van der Waals surface area contributed by atoms with Crippen molar-refractivity contribution in [2.24, 2.45) is 5.73 Å². The van der Waals surface area contributed by atoms with Crippen molar-refractivity contribution in [2.75, 3.05) is 6.54 Å². The zero-order valence-corrected chi connectivity index (χ0v) is 8.77. The van der Waals surface area contributed by atoms with Crippen LogP contribution in [0.3, 0.4) is 0 Å². The van der Waals surface area contributed by atoms with E-state index in [4.69, 9.17) is 5.73 Å². The molecular weight excluding hydrogens is 186 g/mol. The summed E-state index contributed by atoms with van der Waals surface area (Å²) in [5.74, 6) is 0. The van der Waals surface area contributed by atoms with Crippen molar-refractivity contribution in [3.05, 3.63) is 48.0 Å². The average Bonchev–Trinajstić information content (AvgIpc) is 2.28. The standard InChI is InChI=1S/C13H15NO/c1-13(15,9-14)12-7-6-10-4-2-3-5-11(10)8-12/h2-8,15H,9,14H2,1H3/t13-/m1/s1. The van der Waals surface area contributed by atoms with E-state index in [-0.39, 0.29) is 6.54 Å². The van der Waals surface area contributed by atoms with E-state index in [1.165, 1.54) is 5.39 Å². The molecule has 0 radical (unpaired) electrons. The first-order valence-electron chi connectivity index (χ1n) is 5.05. The minimum atomic E-state index is -0.940. The highest BCUT2D eigenvalue weighted by molar-refractivity contribution is 5.83. The maximum absolute atomic E-state index is 10.0. The van der Waals surface area contributed by atoms with E-state index >= 15 is 0 Å². The van der Waals surface area contributed by atoms with Crippen LogP contribution in [0.25, 0.3) is 10.8 Å². The molecule has 15 heavy (non-hydrogen) atoms. The van der Waals surface area contributed by atoms with Crippen LogP contribution in [0.2, 0.25) is 0 Å². The van der Waals surface area contributed by atoms with Crippen LogP contribution in [0, 0.1) is 0 Å². The fraction of sp³-hybridized carbons (Fsp3) is 0.231. The lowest BCUT2D eigenvalue weighted by Gasteiger charge is -2.21. The predicted molar refractivity (Wildman–Crippen MR) is 62.6 cm³/mol. The first-order chi connectivity index (χ1) is 7.13. The smallest absolute Gasteiger partial charge is 0.0990 e. The summed E-state index contributed by atoms with van der Waals surface area (Å²) >= 11 is 0. The number of hydrogen-bond acceptors (Lipinski definition) is 2. The second-order valence-electron chi connectivity index (χ2n) is 4.04. The molecule has 78 valence electrons. The van der Waals surface area contributed by atoms with E-state index in [9.17, 15) is 5.11 Å². The molecule has 0 aliphatic rings. The zero-order chi connectivity index (χ0) is 10.9. The number of hydrogen-bond donors (Lipinski definition) is 2. The summed E-state index contributed by atoms with van der Waals surface area (Å²) in [6.07, 6.45) is 0. The summed E-state index contributed by atoms with van der Waals surface area (Å²) < 4.78 is 0. The summed E-state index contributed by atoms with van der Waals surface area (Å²) in [6, 6.07) is 14.0. The third kappa shape index (κ3) is 1.87. The van der Waals surface area contributed by atoms with Gasteiger partial charge in [0.05, 0.1) is 5.60 Å². The molecule has 0 unspecified atom stereocenters. The van der Waals surface area contributed by atoms with Crippen LogP contribution in [0.15, 0.2) is 42.5 Å². The van der Waals surface area contributed by atoms with Crippen molar-refractivity contribution in [1.29, 1.82) is 0 Å². The van der Waals surface area contributed by atoms with E-state index in [0.29, 0.717) is 0 Å². The topological polar surface area (TPSA) is 46.2 Å². The van der Waals surface area contributed by atoms with Gasteiger partial charge in [0, 0.05) is 6.54 Å². The number of rotatable bonds is 2. The predicted octanol–water partition coefficient (Wildman–Crippen LogP) is 2.01. The minimum absolute atomic E-state index is 0.228. The fourth-order valence-corrected chi connectivity index (χ4v) is 1.64. The Morgan fingerprint density at radius 2 is 1.80 bits per heavy atom. The Morgan fingerprint density at radius 1 is 1.13 bits per heavy atom. The third-order valence-corrected chi connectivity index (χ3v) is 2.77. The Bertz CT molecular complexity index is 477. The van der Waals surface area contributed by atoms with Gasteiger partial charge in [0.1, 0.15) is 0 Å². The summed E-state index contributed by atoms with van der Waals surface area (Å²) in [4.78, 5) is 0. The van der Waals surface area contributed by atoms with Gasteiger partial charge < -0.3 is 10.8 Å². The van der Waals surface area contributed by atoms with Gasteiger partial charge in [0.15, 0.2) is 0 Å². The number of nitrogens with two attached hydrogens (primary N) is 1. The number of fused-ring (bicyclic) bond motifs is 1. The molecular formula is C13H15NO. The van der Waals surface area contributed by atoms with Crippen molar-refractivity contribution >= 4 is 10.8 Å². The van der Waals surface area contributed by atoms with Gasteiger partial charge in [-0.2, -0.15) is 0 Å². The molecule has 0 aromatic heterocycles. The Morgan fingerprint density at radius 3 is 2.47 bits per heavy atom. The van der Waals surface area contributed by atoms with Crippen LogP contribution in [0.5, 0.6) is 0 Å². The molecule has 1 atom stereocenters. The lowest BCUT2D eigenvalue weighted by molar-refractivity contribution is 0.0670. The first-order valence-corrected chi connectivity index (χ1v) is 5.05. The molecule has 0 saturated heterocycles. The molecule has 0 spiro atoms. The normalized spacial score (nSPS) is 15.1. The SMILES string of the molecule is C[C@@](O)(CN)c1ccc2ccccc2c1. The summed E-state index contributed by atoms with van der Waals surface area (Å²) in [5.41, 5.74) is 5.46. The number of benzene rings is 2. The maximum Gasteiger partial charge on any atom is 0.0990 e. The zero-order valence-electron chi connectivity index (χ0n) is 8.77. The molecule has 0 amide bonds. The van der Waals surface area contributed by atoms with E-state index in [2.05, 4.69) is 6.07 Å². The quantitative estimate of drug-likeness (QED) is 0.780. The Labute approximate surface area is 89.3 Å². The van der Waals surface area contributed by atoms with Gasteiger partial charge in [-0.3, -0.25) is 0 Å². The second-order valence-corrected chi connectivity index (χ2v) is 4.04. The summed E-state index contributed by atoms with van der Waals surface area (Å²) in [7, 11) is 0. The van der Waals surface area contributed by atoms with Crippen molar-refractivity contribution < 1.29 is 5.11 Å². The highest BCUT2D eigenvalue weighted by Gasteiger charge is 2.20. The molecule has 0 fully saturated rings. The molecule has 2 heteroatoms. The van der Waals surface area contributed by atoms with E-state index in [1.807, 2.05) is 36.4 Å². The van der Waals surface area contributed by atoms with E-state index in [1.54, 1.807) is 6.92 Å². The average molecular weight is 201 g/mol. The Hall–Kier alpha value is -1.38. The molecule has 2 rings (SSSR count). The van der Waals surface area contributed by atoms with Gasteiger partial charge in [0.25, 0.3) is 0 Å². The second kappa shape index (κ2) is 3.65. The van der Waals surface area contributed by atoms with E-state index < -0.39 is 5.60 Å². The van der Waals surface area contributed by atoms with Gasteiger partial charge in [-0.05, 0) is 29.3 Å². The Balaban J connectivity index is 2.56. The van der Waals surface area contributed by atoms with Crippen molar-refractivity contribution in [2.45, 2.75) is 12.5 Å². The van der Waals surface area contributed by atoms with Gasteiger partial charge in [-0.25, -0.2) is 0 Å². The van der Waals surface area contributed by atoms with Gasteiger partial charge in [0.2, 0.25) is 0 Å². The molecule has 2 nitrogen and oxygen atoms in total. The largest absolute Gasteiger partial charge is 0.384 e. The lowest BCUT2D eigenvalue weighted by atomic mass is 9.94. The van der Waals surface area contributed by atoms with Crippen molar-refractivity contribution in [1.82, 2.24) is 0 Å². The molecule has 3 N–H and O–H groups in total.